The normalized spacial score (nSPS) is 10.3. The lowest BCUT2D eigenvalue weighted by molar-refractivity contribution is 0.0691. The number of hydrogen-bond acceptors (Lipinski definition) is 2. The Bertz CT molecular complexity index is 656. The molecule has 0 saturated carbocycles. The van der Waals surface area contributed by atoms with Gasteiger partial charge in [-0.3, -0.25) is 0 Å². The highest BCUT2D eigenvalue weighted by molar-refractivity contribution is 9.10. The number of rotatable bonds is 4. The van der Waals surface area contributed by atoms with Crippen molar-refractivity contribution in [1.29, 1.82) is 0 Å². The predicted molar refractivity (Wildman–Crippen MR) is 76.6 cm³/mol. The number of ether oxygens (including phenoxy) is 1. The number of benzene rings is 2. The van der Waals surface area contributed by atoms with Gasteiger partial charge >= 0.3 is 5.97 Å². The molecule has 2 aromatic rings. The van der Waals surface area contributed by atoms with E-state index >= 15 is 0 Å². The summed E-state index contributed by atoms with van der Waals surface area (Å²) < 4.78 is 19.8. The van der Waals surface area contributed by atoms with Crippen molar-refractivity contribution in [3.63, 3.8) is 0 Å². The van der Waals surface area contributed by atoms with E-state index < -0.39 is 11.8 Å². The van der Waals surface area contributed by atoms with Crippen LogP contribution >= 0.6 is 15.9 Å². The Balaban J connectivity index is 2.24. The SMILES string of the molecule is Cc1ccc(C(=O)O)c(OCc2cc(Br)ccc2F)c1. The van der Waals surface area contributed by atoms with Gasteiger partial charge in [-0.2, -0.15) is 0 Å². The van der Waals surface area contributed by atoms with E-state index in [0.29, 0.717) is 5.56 Å². The van der Waals surface area contributed by atoms with E-state index in [0.717, 1.165) is 10.0 Å². The zero-order valence-corrected chi connectivity index (χ0v) is 12.3. The number of carboxylic acid groups (broad SMARTS) is 1. The van der Waals surface area contributed by atoms with Crippen molar-refractivity contribution in [2.24, 2.45) is 0 Å². The molecule has 0 atom stereocenters. The van der Waals surface area contributed by atoms with Crippen molar-refractivity contribution in [3.05, 3.63) is 63.4 Å². The third kappa shape index (κ3) is 3.36. The zero-order chi connectivity index (χ0) is 14.7. The quantitative estimate of drug-likeness (QED) is 0.909. The highest BCUT2D eigenvalue weighted by Crippen LogP contribution is 2.23. The van der Waals surface area contributed by atoms with E-state index in [1.165, 1.54) is 12.1 Å². The third-order valence-corrected chi connectivity index (χ3v) is 3.25. The van der Waals surface area contributed by atoms with Gasteiger partial charge in [0.15, 0.2) is 0 Å². The first kappa shape index (κ1) is 14.5. The summed E-state index contributed by atoms with van der Waals surface area (Å²) in [6.07, 6.45) is 0. The largest absolute Gasteiger partial charge is 0.488 e. The van der Waals surface area contributed by atoms with E-state index in [4.69, 9.17) is 9.84 Å². The smallest absolute Gasteiger partial charge is 0.339 e. The van der Waals surface area contributed by atoms with Crippen LogP contribution in [0.25, 0.3) is 0 Å². The van der Waals surface area contributed by atoms with Crippen molar-refractivity contribution in [3.8, 4) is 5.75 Å². The average Bonchev–Trinajstić information content (AvgIpc) is 2.39. The topological polar surface area (TPSA) is 46.5 Å². The first-order chi connectivity index (χ1) is 9.47. The summed E-state index contributed by atoms with van der Waals surface area (Å²) >= 11 is 3.26. The van der Waals surface area contributed by atoms with Gasteiger partial charge in [0.2, 0.25) is 0 Å². The highest BCUT2D eigenvalue weighted by Gasteiger charge is 2.12. The number of aryl methyl sites for hydroxylation is 1. The van der Waals surface area contributed by atoms with Crippen molar-refractivity contribution in [2.75, 3.05) is 0 Å². The Hall–Kier alpha value is -1.88. The van der Waals surface area contributed by atoms with Gasteiger partial charge in [0.05, 0.1) is 0 Å². The van der Waals surface area contributed by atoms with Crippen LogP contribution in [-0.2, 0) is 6.61 Å². The highest BCUT2D eigenvalue weighted by atomic mass is 79.9. The van der Waals surface area contributed by atoms with Crippen LogP contribution in [0.3, 0.4) is 0 Å². The molecule has 3 nitrogen and oxygen atoms in total. The standard InChI is InChI=1S/C15H12BrFO3/c1-9-2-4-12(15(18)19)14(6-9)20-8-10-7-11(16)3-5-13(10)17/h2-7H,8H2,1H3,(H,18,19). The summed E-state index contributed by atoms with van der Waals surface area (Å²) in [6, 6.07) is 9.32. The molecule has 0 aliphatic carbocycles. The Labute approximate surface area is 124 Å². The molecule has 0 fully saturated rings. The maximum atomic E-state index is 13.6. The fraction of sp³-hybridized carbons (Fsp3) is 0.133. The summed E-state index contributed by atoms with van der Waals surface area (Å²) in [5, 5.41) is 9.09. The number of hydrogen-bond donors (Lipinski definition) is 1. The molecule has 0 amide bonds. The van der Waals surface area contributed by atoms with Crippen molar-refractivity contribution in [2.45, 2.75) is 13.5 Å². The van der Waals surface area contributed by atoms with Crippen molar-refractivity contribution < 1.29 is 19.0 Å². The van der Waals surface area contributed by atoms with Gasteiger partial charge in [0.1, 0.15) is 23.7 Å². The van der Waals surface area contributed by atoms with Gasteiger partial charge < -0.3 is 9.84 Å². The molecule has 0 heterocycles. The Morgan fingerprint density at radius 2 is 2.05 bits per heavy atom. The number of aromatic carboxylic acids is 1. The summed E-state index contributed by atoms with van der Waals surface area (Å²) in [6.45, 7) is 1.80. The minimum absolute atomic E-state index is 0.0327. The van der Waals surface area contributed by atoms with E-state index in [1.807, 2.05) is 6.92 Å². The van der Waals surface area contributed by atoms with E-state index in [9.17, 15) is 9.18 Å². The molecular weight excluding hydrogens is 327 g/mol. The summed E-state index contributed by atoms with van der Waals surface area (Å²) in [4.78, 5) is 11.1. The van der Waals surface area contributed by atoms with Gasteiger partial charge in [-0.25, -0.2) is 9.18 Å². The van der Waals surface area contributed by atoms with Crippen LogP contribution < -0.4 is 4.74 Å². The van der Waals surface area contributed by atoms with Gasteiger partial charge in [-0.05, 0) is 42.8 Å². The summed E-state index contributed by atoms with van der Waals surface area (Å²) in [5.41, 5.74) is 1.29. The molecular formula is C15H12BrFO3. The van der Waals surface area contributed by atoms with Crippen LogP contribution in [0.15, 0.2) is 40.9 Å². The minimum Gasteiger partial charge on any atom is -0.488 e. The third-order valence-electron chi connectivity index (χ3n) is 2.76. The maximum absolute atomic E-state index is 13.6. The van der Waals surface area contributed by atoms with Gasteiger partial charge in [0.25, 0.3) is 0 Å². The first-order valence-electron chi connectivity index (χ1n) is 5.88. The molecule has 0 spiro atoms. The molecule has 5 heteroatoms. The fourth-order valence-electron chi connectivity index (χ4n) is 1.74. The number of carboxylic acids is 1. The molecule has 2 aromatic carbocycles. The lowest BCUT2D eigenvalue weighted by atomic mass is 10.1. The Kier molecular flexibility index (Phi) is 4.39. The second-order valence-corrected chi connectivity index (χ2v) is 5.24. The monoisotopic (exact) mass is 338 g/mol. The molecule has 1 N–H and O–H groups in total. The number of halogens is 2. The van der Waals surface area contributed by atoms with Crippen molar-refractivity contribution in [1.82, 2.24) is 0 Å². The van der Waals surface area contributed by atoms with E-state index in [2.05, 4.69) is 15.9 Å². The number of carbonyl (C=O) groups is 1. The first-order valence-corrected chi connectivity index (χ1v) is 6.67. The molecule has 2 rings (SSSR count). The molecule has 104 valence electrons. The fourth-order valence-corrected chi connectivity index (χ4v) is 2.14. The average molecular weight is 339 g/mol. The van der Waals surface area contributed by atoms with Crippen molar-refractivity contribution >= 4 is 21.9 Å². The van der Waals surface area contributed by atoms with Crippen LogP contribution in [0.2, 0.25) is 0 Å². The van der Waals surface area contributed by atoms with Gasteiger partial charge in [-0.1, -0.05) is 22.0 Å². The lowest BCUT2D eigenvalue weighted by Gasteiger charge is -2.11. The van der Waals surface area contributed by atoms with Gasteiger partial charge in [-0.15, -0.1) is 0 Å². The molecule has 0 aromatic heterocycles. The van der Waals surface area contributed by atoms with Crippen LogP contribution in [0, 0.1) is 12.7 Å². The summed E-state index contributed by atoms with van der Waals surface area (Å²) in [7, 11) is 0. The second kappa shape index (κ2) is 6.05. The van der Waals surface area contributed by atoms with E-state index in [1.54, 1.807) is 24.3 Å². The molecule has 0 aliphatic heterocycles. The molecule has 0 aliphatic rings. The molecule has 0 bridgehead atoms. The molecule has 0 saturated heterocycles. The Morgan fingerprint density at radius 3 is 2.75 bits per heavy atom. The maximum Gasteiger partial charge on any atom is 0.339 e. The summed E-state index contributed by atoms with van der Waals surface area (Å²) in [5.74, 6) is -1.23. The van der Waals surface area contributed by atoms with Gasteiger partial charge in [0, 0.05) is 10.0 Å². The zero-order valence-electron chi connectivity index (χ0n) is 10.7. The molecule has 0 radical (unpaired) electrons. The van der Waals surface area contributed by atoms with Crippen LogP contribution in [0.4, 0.5) is 4.39 Å². The minimum atomic E-state index is -1.07. The Morgan fingerprint density at radius 1 is 1.30 bits per heavy atom. The second-order valence-electron chi connectivity index (χ2n) is 4.33. The predicted octanol–water partition coefficient (Wildman–Crippen LogP) is 4.17. The van der Waals surface area contributed by atoms with E-state index in [-0.39, 0.29) is 17.9 Å². The molecule has 20 heavy (non-hydrogen) atoms. The molecule has 0 unspecified atom stereocenters. The lowest BCUT2D eigenvalue weighted by Crippen LogP contribution is -2.05. The van der Waals surface area contributed by atoms with Crippen LogP contribution in [-0.4, -0.2) is 11.1 Å². The van der Waals surface area contributed by atoms with Crippen LogP contribution in [0.5, 0.6) is 5.75 Å². The van der Waals surface area contributed by atoms with Crippen LogP contribution in [0.1, 0.15) is 21.5 Å².